The van der Waals surface area contributed by atoms with Gasteiger partial charge in [-0.1, -0.05) is 30.3 Å². The third kappa shape index (κ3) is 3.55. The van der Waals surface area contributed by atoms with Gasteiger partial charge in [0.1, 0.15) is 6.10 Å². The summed E-state index contributed by atoms with van der Waals surface area (Å²) in [5.41, 5.74) is 0.997. The molecule has 1 aliphatic rings. The molecule has 4 nitrogen and oxygen atoms in total. The Bertz CT molecular complexity index is 374. The second-order valence-corrected chi connectivity index (χ2v) is 4.44. The molecule has 1 aliphatic heterocycles. The summed E-state index contributed by atoms with van der Waals surface area (Å²) >= 11 is 0. The fourth-order valence-electron chi connectivity index (χ4n) is 2.14. The molecule has 0 radical (unpaired) electrons. The van der Waals surface area contributed by atoms with Crippen molar-refractivity contribution >= 4 is 5.91 Å². The van der Waals surface area contributed by atoms with E-state index in [2.05, 4.69) is 5.32 Å². The minimum absolute atomic E-state index is 0.0188. The Balaban J connectivity index is 1.85. The number of methoxy groups -OCH3 is 1. The maximum absolute atomic E-state index is 11.9. The Hall–Kier alpha value is -1.39. The molecule has 4 heteroatoms. The van der Waals surface area contributed by atoms with Gasteiger partial charge >= 0.3 is 0 Å². The molecule has 0 bridgehead atoms. The molecule has 1 N–H and O–H groups in total. The van der Waals surface area contributed by atoms with Crippen molar-refractivity contribution in [3.05, 3.63) is 35.9 Å². The highest BCUT2D eigenvalue weighted by molar-refractivity contribution is 5.78. The SMILES string of the molecule is COC(NC(=O)Cc1ccccc1)C1CCCO1. The van der Waals surface area contributed by atoms with Gasteiger partial charge in [-0.05, 0) is 18.4 Å². The largest absolute Gasteiger partial charge is 0.374 e. The van der Waals surface area contributed by atoms with Gasteiger partial charge in [0.2, 0.25) is 5.91 Å². The van der Waals surface area contributed by atoms with Crippen molar-refractivity contribution in [1.29, 1.82) is 0 Å². The van der Waals surface area contributed by atoms with E-state index in [-0.39, 0.29) is 18.2 Å². The van der Waals surface area contributed by atoms with Crippen LogP contribution in [0.1, 0.15) is 18.4 Å². The zero-order valence-electron chi connectivity index (χ0n) is 10.6. The van der Waals surface area contributed by atoms with Crippen molar-refractivity contribution in [2.45, 2.75) is 31.6 Å². The molecule has 0 spiro atoms. The van der Waals surface area contributed by atoms with E-state index in [0.717, 1.165) is 25.0 Å². The zero-order chi connectivity index (χ0) is 12.8. The normalized spacial score (nSPS) is 20.6. The lowest BCUT2D eigenvalue weighted by atomic mass is 10.1. The topological polar surface area (TPSA) is 47.6 Å². The van der Waals surface area contributed by atoms with Crippen LogP contribution in [0, 0.1) is 0 Å². The predicted octanol–water partition coefficient (Wildman–Crippen LogP) is 1.50. The first-order valence-corrected chi connectivity index (χ1v) is 6.27. The van der Waals surface area contributed by atoms with Crippen molar-refractivity contribution in [2.75, 3.05) is 13.7 Å². The fourth-order valence-corrected chi connectivity index (χ4v) is 2.14. The number of rotatable bonds is 5. The summed E-state index contributed by atoms with van der Waals surface area (Å²) in [6, 6.07) is 9.67. The van der Waals surface area contributed by atoms with Crippen LogP contribution >= 0.6 is 0 Å². The molecule has 2 unspecified atom stereocenters. The van der Waals surface area contributed by atoms with E-state index in [9.17, 15) is 4.79 Å². The molecule has 0 saturated carbocycles. The molecular formula is C14H19NO3. The van der Waals surface area contributed by atoms with Crippen molar-refractivity contribution in [3.63, 3.8) is 0 Å². The van der Waals surface area contributed by atoms with Gasteiger partial charge in [0.15, 0.2) is 6.23 Å². The molecule has 0 aliphatic carbocycles. The Morgan fingerprint density at radius 1 is 1.50 bits per heavy atom. The highest BCUT2D eigenvalue weighted by Gasteiger charge is 2.27. The Kier molecular flexibility index (Phi) is 4.73. The molecule has 18 heavy (non-hydrogen) atoms. The van der Waals surface area contributed by atoms with E-state index >= 15 is 0 Å². The van der Waals surface area contributed by atoms with Gasteiger partial charge in [-0.25, -0.2) is 0 Å². The average molecular weight is 249 g/mol. The second-order valence-electron chi connectivity index (χ2n) is 4.44. The Morgan fingerprint density at radius 3 is 2.89 bits per heavy atom. The number of hydrogen-bond acceptors (Lipinski definition) is 3. The predicted molar refractivity (Wildman–Crippen MR) is 68.1 cm³/mol. The van der Waals surface area contributed by atoms with Gasteiger partial charge in [-0.15, -0.1) is 0 Å². The smallest absolute Gasteiger partial charge is 0.226 e. The third-order valence-electron chi connectivity index (χ3n) is 3.07. The molecule has 1 saturated heterocycles. The molecular weight excluding hydrogens is 230 g/mol. The van der Waals surface area contributed by atoms with Crippen LogP contribution in [-0.4, -0.2) is 32.0 Å². The molecule has 1 amide bonds. The molecule has 1 fully saturated rings. The van der Waals surface area contributed by atoms with Gasteiger partial charge in [-0.2, -0.15) is 0 Å². The molecule has 98 valence electrons. The monoisotopic (exact) mass is 249 g/mol. The van der Waals surface area contributed by atoms with Crippen LogP contribution in [0.2, 0.25) is 0 Å². The first-order valence-electron chi connectivity index (χ1n) is 6.27. The van der Waals surface area contributed by atoms with Crippen LogP contribution in [0.4, 0.5) is 0 Å². The summed E-state index contributed by atoms with van der Waals surface area (Å²) in [5.74, 6) is -0.0384. The van der Waals surface area contributed by atoms with Crippen molar-refractivity contribution < 1.29 is 14.3 Å². The quantitative estimate of drug-likeness (QED) is 0.804. The van der Waals surface area contributed by atoms with E-state index in [0.29, 0.717) is 6.42 Å². The van der Waals surface area contributed by atoms with Crippen molar-refractivity contribution in [1.82, 2.24) is 5.32 Å². The molecule has 0 aromatic heterocycles. The minimum atomic E-state index is -0.344. The first-order chi connectivity index (χ1) is 8.79. The molecule has 1 heterocycles. The van der Waals surface area contributed by atoms with Gasteiger partial charge in [0, 0.05) is 13.7 Å². The van der Waals surface area contributed by atoms with Crippen LogP contribution in [0.15, 0.2) is 30.3 Å². The summed E-state index contributed by atoms with van der Waals surface area (Å²) in [7, 11) is 1.59. The Labute approximate surface area is 107 Å². The van der Waals surface area contributed by atoms with Gasteiger partial charge < -0.3 is 14.8 Å². The van der Waals surface area contributed by atoms with E-state index in [1.165, 1.54) is 0 Å². The number of amides is 1. The standard InChI is InChI=1S/C14H19NO3/c1-17-14(12-8-5-9-18-12)15-13(16)10-11-6-3-2-4-7-11/h2-4,6-7,12,14H,5,8-10H2,1H3,(H,15,16). The van der Waals surface area contributed by atoms with E-state index in [1.54, 1.807) is 7.11 Å². The number of nitrogens with one attached hydrogen (secondary N) is 1. The zero-order valence-corrected chi connectivity index (χ0v) is 10.6. The number of benzene rings is 1. The van der Waals surface area contributed by atoms with Crippen LogP contribution in [-0.2, 0) is 20.7 Å². The summed E-state index contributed by atoms with van der Waals surface area (Å²) < 4.78 is 10.8. The van der Waals surface area contributed by atoms with Gasteiger partial charge in [0.05, 0.1) is 6.42 Å². The summed E-state index contributed by atoms with van der Waals surface area (Å²) in [5, 5.41) is 2.87. The van der Waals surface area contributed by atoms with Crippen LogP contribution in [0.25, 0.3) is 0 Å². The maximum Gasteiger partial charge on any atom is 0.226 e. The van der Waals surface area contributed by atoms with Crippen molar-refractivity contribution in [3.8, 4) is 0 Å². The first kappa shape index (κ1) is 13.1. The summed E-state index contributed by atoms with van der Waals surface area (Å²) in [6.45, 7) is 0.749. The fraction of sp³-hybridized carbons (Fsp3) is 0.500. The van der Waals surface area contributed by atoms with E-state index in [1.807, 2.05) is 30.3 Å². The number of ether oxygens (including phenoxy) is 2. The average Bonchev–Trinajstić information content (AvgIpc) is 2.91. The lowest BCUT2D eigenvalue weighted by Gasteiger charge is -2.22. The minimum Gasteiger partial charge on any atom is -0.374 e. The molecule has 1 aromatic rings. The Morgan fingerprint density at radius 2 is 2.28 bits per heavy atom. The second kappa shape index (κ2) is 6.52. The lowest BCUT2D eigenvalue weighted by molar-refractivity contribution is -0.128. The van der Waals surface area contributed by atoms with Crippen LogP contribution < -0.4 is 5.32 Å². The molecule has 1 aromatic carbocycles. The molecule has 2 atom stereocenters. The van der Waals surface area contributed by atoms with Crippen molar-refractivity contribution in [2.24, 2.45) is 0 Å². The van der Waals surface area contributed by atoms with E-state index in [4.69, 9.17) is 9.47 Å². The van der Waals surface area contributed by atoms with Crippen LogP contribution in [0.5, 0.6) is 0 Å². The third-order valence-corrected chi connectivity index (χ3v) is 3.07. The van der Waals surface area contributed by atoms with E-state index < -0.39 is 0 Å². The molecule has 2 rings (SSSR count). The summed E-state index contributed by atoms with van der Waals surface area (Å²) in [6.07, 6.45) is 1.97. The highest BCUT2D eigenvalue weighted by atomic mass is 16.5. The van der Waals surface area contributed by atoms with Gasteiger partial charge in [-0.3, -0.25) is 4.79 Å². The van der Waals surface area contributed by atoms with Crippen LogP contribution in [0.3, 0.4) is 0 Å². The number of carbonyl (C=O) groups is 1. The lowest BCUT2D eigenvalue weighted by Crippen LogP contribution is -2.45. The van der Waals surface area contributed by atoms with Gasteiger partial charge in [0.25, 0.3) is 0 Å². The summed E-state index contributed by atoms with van der Waals surface area (Å²) in [4.78, 5) is 11.9. The highest BCUT2D eigenvalue weighted by Crippen LogP contribution is 2.16. The number of hydrogen-bond donors (Lipinski definition) is 1. The number of carbonyl (C=O) groups excluding carboxylic acids is 1. The maximum atomic E-state index is 11.9.